The molecule has 0 spiro atoms. The highest BCUT2D eigenvalue weighted by molar-refractivity contribution is 6.31. The highest BCUT2D eigenvalue weighted by Crippen LogP contribution is 2.28. The normalized spacial score (nSPS) is 12.8. The fourth-order valence-electron chi connectivity index (χ4n) is 1.63. The molecule has 1 aromatic heterocycles. The first kappa shape index (κ1) is 13.0. The molecule has 1 atom stereocenters. The van der Waals surface area contributed by atoms with Crippen LogP contribution in [0, 0.1) is 12.8 Å². The van der Waals surface area contributed by atoms with Gasteiger partial charge in [-0.25, -0.2) is 0 Å². The maximum atomic E-state index is 10.8. The van der Waals surface area contributed by atoms with Gasteiger partial charge in [-0.1, -0.05) is 25.4 Å². The van der Waals surface area contributed by atoms with E-state index in [1.165, 1.54) is 0 Å². The highest BCUT2D eigenvalue weighted by Gasteiger charge is 2.20. The Balaban J connectivity index is 3.01. The monoisotopic (exact) mass is 241 g/mol. The van der Waals surface area contributed by atoms with E-state index in [4.69, 9.17) is 16.7 Å². The van der Waals surface area contributed by atoms with Crippen LogP contribution in [0.25, 0.3) is 0 Å². The minimum absolute atomic E-state index is 0.0616. The predicted molar refractivity (Wildman–Crippen MR) is 63.8 cm³/mol. The molecule has 1 aromatic rings. The Bertz CT molecular complexity index is 391. The Morgan fingerprint density at radius 3 is 2.62 bits per heavy atom. The molecule has 1 heterocycles. The van der Waals surface area contributed by atoms with E-state index >= 15 is 0 Å². The summed E-state index contributed by atoms with van der Waals surface area (Å²) >= 11 is 5.89. The molecule has 0 bridgehead atoms. The van der Waals surface area contributed by atoms with Gasteiger partial charge in [0.25, 0.3) is 0 Å². The first-order valence-electron chi connectivity index (χ1n) is 5.25. The molecular weight excluding hydrogens is 226 g/mol. The maximum Gasteiger partial charge on any atom is 0.304 e. The molecule has 0 saturated carbocycles. The quantitative estimate of drug-likeness (QED) is 0.880. The van der Waals surface area contributed by atoms with Crippen LogP contribution in [-0.4, -0.2) is 16.1 Å². The van der Waals surface area contributed by atoms with Gasteiger partial charge in [-0.3, -0.25) is 9.78 Å². The number of carbonyl (C=O) groups is 1. The van der Waals surface area contributed by atoms with Gasteiger partial charge in [0.15, 0.2) is 0 Å². The van der Waals surface area contributed by atoms with E-state index in [0.717, 1.165) is 11.3 Å². The summed E-state index contributed by atoms with van der Waals surface area (Å²) in [5, 5.41) is 9.48. The zero-order chi connectivity index (χ0) is 12.3. The number of hydrogen-bond donors (Lipinski definition) is 1. The zero-order valence-electron chi connectivity index (χ0n) is 9.70. The molecule has 3 nitrogen and oxygen atoms in total. The van der Waals surface area contributed by atoms with Crippen LogP contribution in [0.1, 0.15) is 37.4 Å². The summed E-state index contributed by atoms with van der Waals surface area (Å²) in [5.74, 6) is -0.620. The van der Waals surface area contributed by atoms with Crippen molar-refractivity contribution in [2.24, 2.45) is 5.92 Å². The average molecular weight is 242 g/mol. The summed E-state index contributed by atoms with van der Waals surface area (Å²) in [6.45, 7) is 5.89. The van der Waals surface area contributed by atoms with Gasteiger partial charge >= 0.3 is 5.97 Å². The second-order valence-electron chi connectivity index (χ2n) is 4.31. The van der Waals surface area contributed by atoms with Crippen LogP contribution in [0.15, 0.2) is 12.3 Å². The number of aryl methyl sites for hydroxylation is 1. The Hall–Kier alpha value is -1.09. The van der Waals surface area contributed by atoms with E-state index < -0.39 is 5.97 Å². The second-order valence-corrected chi connectivity index (χ2v) is 4.71. The van der Waals surface area contributed by atoms with Gasteiger partial charge in [0.2, 0.25) is 0 Å². The van der Waals surface area contributed by atoms with E-state index in [1.54, 1.807) is 6.20 Å². The minimum atomic E-state index is -0.798. The maximum absolute atomic E-state index is 10.8. The molecule has 88 valence electrons. The number of carboxylic acid groups (broad SMARTS) is 1. The largest absolute Gasteiger partial charge is 0.481 e. The van der Waals surface area contributed by atoms with Crippen molar-refractivity contribution in [3.8, 4) is 0 Å². The molecule has 0 aromatic carbocycles. The number of rotatable bonds is 4. The smallest absolute Gasteiger partial charge is 0.304 e. The van der Waals surface area contributed by atoms with Gasteiger partial charge < -0.3 is 5.11 Å². The highest BCUT2D eigenvalue weighted by atomic mass is 35.5. The van der Waals surface area contributed by atoms with Gasteiger partial charge in [0.1, 0.15) is 0 Å². The van der Waals surface area contributed by atoms with Gasteiger partial charge in [0.05, 0.1) is 11.4 Å². The summed E-state index contributed by atoms with van der Waals surface area (Å²) in [6.07, 6.45) is 1.69. The fourth-order valence-corrected chi connectivity index (χ4v) is 1.74. The first-order valence-corrected chi connectivity index (χ1v) is 5.63. The molecule has 0 amide bonds. The Morgan fingerprint density at radius 2 is 2.19 bits per heavy atom. The summed E-state index contributed by atoms with van der Waals surface area (Å²) < 4.78 is 0. The van der Waals surface area contributed by atoms with Crippen molar-refractivity contribution in [1.29, 1.82) is 0 Å². The Labute approximate surface area is 100 Å². The number of pyridine rings is 1. The number of halogens is 1. The number of aliphatic carboxylic acids is 1. The molecule has 0 saturated heterocycles. The standard InChI is InChI=1S/C12H16ClNO2/c1-7(2)9(5-12(15)16)11-4-8(3)10(13)6-14-11/h4,6-7,9H,5H2,1-3H3,(H,15,16). The van der Waals surface area contributed by atoms with Crippen molar-refractivity contribution in [3.63, 3.8) is 0 Å². The molecule has 0 radical (unpaired) electrons. The lowest BCUT2D eigenvalue weighted by Gasteiger charge is -2.18. The number of aromatic nitrogens is 1. The molecule has 1 N–H and O–H groups in total. The summed E-state index contributed by atoms with van der Waals surface area (Å²) in [4.78, 5) is 15.0. The van der Waals surface area contributed by atoms with Crippen LogP contribution in [-0.2, 0) is 4.79 Å². The molecule has 1 unspecified atom stereocenters. The van der Waals surface area contributed by atoms with E-state index in [1.807, 2.05) is 26.8 Å². The minimum Gasteiger partial charge on any atom is -0.481 e. The fraction of sp³-hybridized carbons (Fsp3) is 0.500. The average Bonchev–Trinajstić information content (AvgIpc) is 2.18. The number of carboxylic acids is 1. The van der Waals surface area contributed by atoms with Gasteiger partial charge in [-0.05, 0) is 24.5 Å². The molecular formula is C12H16ClNO2. The lowest BCUT2D eigenvalue weighted by molar-refractivity contribution is -0.137. The molecule has 4 heteroatoms. The van der Waals surface area contributed by atoms with Crippen LogP contribution in [0.2, 0.25) is 5.02 Å². The molecule has 16 heavy (non-hydrogen) atoms. The van der Waals surface area contributed by atoms with E-state index in [2.05, 4.69) is 4.98 Å². The molecule has 1 rings (SSSR count). The van der Waals surface area contributed by atoms with Crippen molar-refractivity contribution < 1.29 is 9.90 Å². The SMILES string of the molecule is Cc1cc(C(CC(=O)O)C(C)C)ncc1Cl. The third kappa shape index (κ3) is 3.20. The zero-order valence-corrected chi connectivity index (χ0v) is 10.5. The third-order valence-electron chi connectivity index (χ3n) is 2.65. The van der Waals surface area contributed by atoms with Crippen molar-refractivity contribution in [2.45, 2.75) is 33.1 Å². The van der Waals surface area contributed by atoms with Crippen LogP contribution in [0.5, 0.6) is 0 Å². The van der Waals surface area contributed by atoms with Crippen molar-refractivity contribution in [3.05, 3.63) is 28.5 Å². The van der Waals surface area contributed by atoms with Crippen LogP contribution in [0.4, 0.5) is 0 Å². The number of nitrogens with zero attached hydrogens (tertiary/aromatic N) is 1. The van der Waals surface area contributed by atoms with Gasteiger partial charge in [0, 0.05) is 17.8 Å². The lowest BCUT2D eigenvalue weighted by Crippen LogP contribution is -2.13. The van der Waals surface area contributed by atoms with Crippen LogP contribution < -0.4 is 0 Å². The molecule has 0 aliphatic carbocycles. The Kier molecular flexibility index (Phi) is 4.30. The van der Waals surface area contributed by atoms with Gasteiger partial charge in [-0.15, -0.1) is 0 Å². The Morgan fingerprint density at radius 1 is 1.56 bits per heavy atom. The van der Waals surface area contributed by atoms with Crippen LogP contribution >= 0.6 is 11.6 Å². The number of hydrogen-bond acceptors (Lipinski definition) is 2. The second kappa shape index (κ2) is 5.30. The lowest BCUT2D eigenvalue weighted by atomic mass is 9.88. The van der Waals surface area contributed by atoms with E-state index in [-0.39, 0.29) is 18.3 Å². The van der Waals surface area contributed by atoms with Gasteiger partial charge in [-0.2, -0.15) is 0 Å². The van der Waals surface area contributed by atoms with Crippen molar-refractivity contribution in [2.75, 3.05) is 0 Å². The van der Waals surface area contributed by atoms with E-state index in [0.29, 0.717) is 5.02 Å². The third-order valence-corrected chi connectivity index (χ3v) is 3.04. The summed E-state index contributed by atoms with van der Waals surface area (Å²) in [7, 11) is 0. The van der Waals surface area contributed by atoms with E-state index in [9.17, 15) is 4.79 Å². The topological polar surface area (TPSA) is 50.2 Å². The molecule has 0 aliphatic heterocycles. The van der Waals surface area contributed by atoms with Crippen LogP contribution in [0.3, 0.4) is 0 Å². The summed E-state index contributed by atoms with van der Waals surface area (Å²) in [6, 6.07) is 1.87. The predicted octanol–water partition coefficient (Wildman–Crippen LogP) is 3.26. The van der Waals surface area contributed by atoms with Crippen molar-refractivity contribution >= 4 is 17.6 Å². The summed E-state index contributed by atoms with van der Waals surface area (Å²) in [5.41, 5.74) is 1.74. The first-order chi connectivity index (χ1) is 7.41. The van der Waals surface area contributed by atoms with Crippen molar-refractivity contribution in [1.82, 2.24) is 4.98 Å². The molecule has 0 fully saturated rings. The molecule has 0 aliphatic rings.